The van der Waals surface area contributed by atoms with Crippen LogP contribution in [0.1, 0.15) is 33.3 Å². The predicted molar refractivity (Wildman–Crippen MR) is 63.6 cm³/mol. The van der Waals surface area contributed by atoms with Gasteiger partial charge in [-0.25, -0.2) is 8.78 Å². The van der Waals surface area contributed by atoms with Crippen LogP contribution in [0.25, 0.3) is 0 Å². The number of halogens is 2. The zero-order valence-electron chi connectivity index (χ0n) is 10.6. The van der Waals surface area contributed by atoms with Crippen molar-refractivity contribution in [2.45, 2.75) is 45.4 Å². The topological polar surface area (TPSA) is 32.3 Å². The van der Waals surface area contributed by atoms with E-state index in [1.54, 1.807) is 13.8 Å². The van der Waals surface area contributed by atoms with Crippen LogP contribution in [-0.4, -0.2) is 16.2 Å². The fraction of sp³-hybridized carbons (Fsp3) is 0.538. The van der Waals surface area contributed by atoms with Crippen LogP contribution in [0.5, 0.6) is 0 Å². The highest BCUT2D eigenvalue weighted by atomic mass is 19.2. The van der Waals surface area contributed by atoms with Crippen LogP contribution >= 0.6 is 0 Å². The third-order valence-electron chi connectivity index (χ3n) is 3.25. The molecule has 17 heavy (non-hydrogen) atoms. The monoisotopic (exact) mass is 243 g/mol. The summed E-state index contributed by atoms with van der Waals surface area (Å²) in [6.07, 6.45) is 0. The lowest BCUT2D eigenvalue weighted by atomic mass is 9.86. The summed E-state index contributed by atoms with van der Waals surface area (Å²) in [5, 5.41) is 13.0. The van der Waals surface area contributed by atoms with Crippen LogP contribution in [0, 0.1) is 11.6 Å². The standard InChI is InChI=1S/C13H19F2NO/c1-12(2,13(3,4)17)16-8-9-5-6-10(14)11(15)7-9/h5-7,16-17H,8H2,1-4H3. The molecule has 0 amide bonds. The van der Waals surface area contributed by atoms with E-state index < -0.39 is 22.8 Å². The molecule has 1 aromatic rings. The van der Waals surface area contributed by atoms with Crippen molar-refractivity contribution in [3.05, 3.63) is 35.4 Å². The van der Waals surface area contributed by atoms with E-state index in [9.17, 15) is 13.9 Å². The van der Waals surface area contributed by atoms with Gasteiger partial charge in [0.2, 0.25) is 0 Å². The molecule has 0 aliphatic rings. The van der Waals surface area contributed by atoms with E-state index in [-0.39, 0.29) is 0 Å². The zero-order valence-corrected chi connectivity index (χ0v) is 10.6. The molecule has 0 heterocycles. The lowest BCUT2D eigenvalue weighted by Gasteiger charge is -2.38. The van der Waals surface area contributed by atoms with Gasteiger partial charge in [-0.3, -0.25) is 0 Å². The Morgan fingerprint density at radius 1 is 1.12 bits per heavy atom. The number of hydrogen-bond acceptors (Lipinski definition) is 2. The fourth-order valence-electron chi connectivity index (χ4n) is 1.19. The first-order chi connectivity index (χ1) is 7.63. The van der Waals surface area contributed by atoms with Gasteiger partial charge in [-0.15, -0.1) is 0 Å². The quantitative estimate of drug-likeness (QED) is 0.852. The van der Waals surface area contributed by atoms with Crippen LogP contribution in [0.3, 0.4) is 0 Å². The van der Waals surface area contributed by atoms with Crippen molar-refractivity contribution in [3.8, 4) is 0 Å². The molecule has 0 aromatic heterocycles. The van der Waals surface area contributed by atoms with Gasteiger partial charge in [0.05, 0.1) is 5.60 Å². The van der Waals surface area contributed by atoms with Crippen molar-refractivity contribution in [2.24, 2.45) is 0 Å². The molecule has 0 fully saturated rings. The smallest absolute Gasteiger partial charge is 0.159 e. The van der Waals surface area contributed by atoms with Crippen molar-refractivity contribution in [3.63, 3.8) is 0 Å². The summed E-state index contributed by atoms with van der Waals surface area (Å²) in [5.74, 6) is -1.71. The SMILES string of the molecule is CC(C)(O)C(C)(C)NCc1ccc(F)c(F)c1. The molecule has 0 saturated heterocycles. The summed E-state index contributed by atoms with van der Waals surface area (Å²) in [7, 11) is 0. The van der Waals surface area contributed by atoms with Gasteiger partial charge in [0, 0.05) is 12.1 Å². The number of nitrogens with one attached hydrogen (secondary N) is 1. The van der Waals surface area contributed by atoms with Gasteiger partial charge in [-0.1, -0.05) is 6.07 Å². The Morgan fingerprint density at radius 2 is 1.71 bits per heavy atom. The molecule has 0 saturated carbocycles. The van der Waals surface area contributed by atoms with E-state index in [1.807, 2.05) is 13.8 Å². The Balaban J connectivity index is 2.71. The zero-order chi connectivity index (χ0) is 13.3. The van der Waals surface area contributed by atoms with E-state index in [4.69, 9.17) is 0 Å². The highest BCUT2D eigenvalue weighted by Gasteiger charge is 2.34. The lowest BCUT2D eigenvalue weighted by Crippen LogP contribution is -2.55. The Hall–Kier alpha value is -1.00. The molecule has 2 nitrogen and oxygen atoms in total. The molecule has 4 heteroatoms. The molecule has 1 rings (SSSR count). The van der Waals surface area contributed by atoms with Crippen molar-refractivity contribution in [1.29, 1.82) is 0 Å². The molecule has 0 bridgehead atoms. The second-order valence-electron chi connectivity index (χ2n) is 5.29. The van der Waals surface area contributed by atoms with E-state index in [0.29, 0.717) is 12.1 Å². The first-order valence-electron chi connectivity index (χ1n) is 5.55. The van der Waals surface area contributed by atoms with Crippen LogP contribution in [0.2, 0.25) is 0 Å². The molecule has 1 aromatic carbocycles. The highest BCUT2D eigenvalue weighted by Crippen LogP contribution is 2.21. The molecule has 0 unspecified atom stereocenters. The maximum absolute atomic E-state index is 13.0. The van der Waals surface area contributed by atoms with Crippen molar-refractivity contribution in [1.82, 2.24) is 5.32 Å². The van der Waals surface area contributed by atoms with E-state index in [0.717, 1.165) is 12.1 Å². The number of rotatable bonds is 4. The second kappa shape index (κ2) is 4.70. The molecule has 96 valence electrons. The molecular weight excluding hydrogens is 224 g/mol. The maximum atomic E-state index is 13.0. The maximum Gasteiger partial charge on any atom is 0.159 e. The molecule has 0 atom stereocenters. The molecule has 2 N–H and O–H groups in total. The Bertz CT molecular complexity index is 397. The molecule has 0 radical (unpaired) electrons. The van der Waals surface area contributed by atoms with Crippen LogP contribution < -0.4 is 5.32 Å². The first-order valence-corrected chi connectivity index (χ1v) is 5.55. The summed E-state index contributed by atoms with van der Waals surface area (Å²) in [5.41, 5.74) is -0.801. The molecular formula is C13H19F2NO. The number of aliphatic hydroxyl groups is 1. The summed E-state index contributed by atoms with van der Waals surface area (Å²) < 4.78 is 25.7. The fourth-order valence-corrected chi connectivity index (χ4v) is 1.19. The van der Waals surface area contributed by atoms with Gasteiger partial charge in [0.25, 0.3) is 0 Å². The molecule has 0 aliphatic carbocycles. The normalized spacial score (nSPS) is 12.9. The number of hydrogen-bond donors (Lipinski definition) is 2. The largest absolute Gasteiger partial charge is 0.389 e. The minimum atomic E-state index is -0.911. The van der Waals surface area contributed by atoms with Gasteiger partial charge in [-0.2, -0.15) is 0 Å². The van der Waals surface area contributed by atoms with E-state index >= 15 is 0 Å². The van der Waals surface area contributed by atoms with Gasteiger partial charge in [0.1, 0.15) is 0 Å². The third-order valence-corrected chi connectivity index (χ3v) is 3.25. The first kappa shape index (κ1) is 14.1. The summed E-state index contributed by atoms with van der Waals surface area (Å²) in [6.45, 7) is 7.48. The van der Waals surface area contributed by atoms with Crippen LogP contribution in [-0.2, 0) is 6.54 Å². The minimum Gasteiger partial charge on any atom is -0.389 e. The van der Waals surface area contributed by atoms with E-state index in [2.05, 4.69) is 5.32 Å². The summed E-state index contributed by atoms with van der Waals surface area (Å²) in [6, 6.07) is 3.78. The van der Waals surface area contributed by atoms with Gasteiger partial charge >= 0.3 is 0 Å². The van der Waals surface area contributed by atoms with Crippen molar-refractivity contribution >= 4 is 0 Å². The van der Waals surface area contributed by atoms with Gasteiger partial charge in [0.15, 0.2) is 11.6 Å². The minimum absolute atomic E-state index is 0.369. The average molecular weight is 243 g/mol. The lowest BCUT2D eigenvalue weighted by molar-refractivity contribution is -0.00532. The van der Waals surface area contributed by atoms with Gasteiger partial charge < -0.3 is 10.4 Å². The van der Waals surface area contributed by atoms with Crippen molar-refractivity contribution in [2.75, 3.05) is 0 Å². The summed E-state index contributed by atoms with van der Waals surface area (Å²) in [4.78, 5) is 0. The Kier molecular flexibility index (Phi) is 3.89. The van der Waals surface area contributed by atoms with Crippen molar-refractivity contribution < 1.29 is 13.9 Å². The van der Waals surface area contributed by atoms with E-state index in [1.165, 1.54) is 6.07 Å². The van der Waals surface area contributed by atoms with Crippen LogP contribution in [0.4, 0.5) is 8.78 Å². The predicted octanol–water partition coefficient (Wildman–Crippen LogP) is 2.60. The Labute approximate surface area is 101 Å². The summed E-state index contributed by atoms with van der Waals surface area (Å²) >= 11 is 0. The average Bonchev–Trinajstić information content (AvgIpc) is 2.18. The van der Waals surface area contributed by atoms with Gasteiger partial charge in [-0.05, 0) is 45.4 Å². The second-order valence-corrected chi connectivity index (χ2v) is 5.29. The molecule has 0 spiro atoms. The number of benzene rings is 1. The Morgan fingerprint density at radius 3 is 2.18 bits per heavy atom. The molecule has 0 aliphatic heterocycles. The third kappa shape index (κ3) is 3.48. The highest BCUT2D eigenvalue weighted by molar-refractivity contribution is 5.18. The van der Waals surface area contributed by atoms with Crippen LogP contribution in [0.15, 0.2) is 18.2 Å².